The van der Waals surface area contributed by atoms with Crippen LogP contribution in [0.5, 0.6) is 0 Å². The molecule has 26 heavy (non-hydrogen) atoms. The van der Waals surface area contributed by atoms with Crippen LogP contribution in [-0.4, -0.2) is 13.4 Å². The van der Waals surface area contributed by atoms with E-state index in [1.807, 2.05) is 60.9 Å². The van der Waals surface area contributed by atoms with Gasteiger partial charge in [0.25, 0.3) is 0 Å². The van der Waals surface area contributed by atoms with Crippen molar-refractivity contribution in [1.29, 1.82) is 0 Å². The van der Waals surface area contributed by atoms with E-state index < -0.39 is 10.0 Å². The lowest BCUT2D eigenvalue weighted by Gasteiger charge is -2.18. The number of rotatable bonds is 5. The van der Waals surface area contributed by atoms with Gasteiger partial charge in [0.1, 0.15) is 0 Å². The molecule has 0 saturated heterocycles. The lowest BCUT2D eigenvalue weighted by Crippen LogP contribution is -2.16. The second-order valence-electron chi connectivity index (χ2n) is 6.39. The first-order valence-electron chi connectivity index (χ1n) is 8.40. The van der Waals surface area contributed by atoms with E-state index in [-0.39, 0.29) is 5.75 Å². The van der Waals surface area contributed by atoms with Crippen molar-refractivity contribution in [2.45, 2.75) is 18.8 Å². The fraction of sp³-hybridized carbons (Fsp3) is 0.150. The number of hydrogen-bond donors (Lipinski definition) is 1. The standard InChI is InChI=1S/C20H19N3O2S/c24-26(25,15-16-4-2-1-3-5-16)22-19-6-8-20(9-7-19)23-13-17-10-11-21-12-18(17)14-23/h1-12,22H,13-15H2. The van der Waals surface area contributed by atoms with Gasteiger partial charge in [-0.2, -0.15) is 0 Å². The fourth-order valence-electron chi connectivity index (χ4n) is 3.15. The molecule has 3 aromatic rings. The summed E-state index contributed by atoms with van der Waals surface area (Å²) in [5.41, 5.74) is 4.92. The average Bonchev–Trinajstić information content (AvgIpc) is 3.06. The summed E-state index contributed by atoms with van der Waals surface area (Å²) in [5.74, 6) is -0.0377. The van der Waals surface area contributed by atoms with Gasteiger partial charge in [-0.3, -0.25) is 9.71 Å². The quantitative estimate of drug-likeness (QED) is 0.751. The van der Waals surface area contributed by atoms with Gasteiger partial charge in [-0.25, -0.2) is 8.42 Å². The van der Waals surface area contributed by atoms with E-state index in [1.165, 1.54) is 11.1 Å². The highest BCUT2D eigenvalue weighted by Gasteiger charge is 2.19. The van der Waals surface area contributed by atoms with Crippen LogP contribution in [0, 0.1) is 0 Å². The van der Waals surface area contributed by atoms with Crippen molar-refractivity contribution in [1.82, 2.24) is 4.98 Å². The molecule has 1 aliphatic rings. The number of anilines is 2. The van der Waals surface area contributed by atoms with E-state index in [0.29, 0.717) is 5.69 Å². The second-order valence-corrected chi connectivity index (χ2v) is 8.12. The molecule has 0 aliphatic carbocycles. The molecule has 2 aromatic carbocycles. The molecule has 6 heteroatoms. The first-order chi connectivity index (χ1) is 12.6. The third kappa shape index (κ3) is 3.70. The zero-order valence-electron chi connectivity index (χ0n) is 14.2. The lowest BCUT2D eigenvalue weighted by molar-refractivity contribution is 0.600. The molecule has 1 aliphatic heterocycles. The Labute approximate surface area is 153 Å². The summed E-state index contributed by atoms with van der Waals surface area (Å²) in [5, 5.41) is 0. The van der Waals surface area contributed by atoms with Gasteiger partial charge < -0.3 is 4.90 Å². The Kier molecular flexibility index (Phi) is 4.34. The third-order valence-corrected chi connectivity index (χ3v) is 5.69. The number of nitrogens with one attached hydrogen (secondary N) is 1. The molecule has 0 spiro atoms. The third-order valence-electron chi connectivity index (χ3n) is 4.43. The van der Waals surface area contributed by atoms with Crippen LogP contribution in [0.25, 0.3) is 0 Å². The number of hydrogen-bond acceptors (Lipinski definition) is 4. The molecule has 0 atom stereocenters. The maximum absolute atomic E-state index is 12.3. The number of nitrogens with zero attached hydrogens (tertiary/aromatic N) is 2. The minimum Gasteiger partial charge on any atom is -0.363 e. The largest absolute Gasteiger partial charge is 0.363 e. The van der Waals surface area contributed by atoms with Gasteiger partial charge in [0.05, 0.1) is 5.75 Å². The maximum atomic E-state index is 12.3. The van der Waals surface area contributed by atoms with Gasteiger partial charge in [0.2, 0.25) is 10.0 Å². The molecular formula is C20H19N3O2S. The molecule has 2 heterocycles. The Balaban J connectivity index is 1.44. The molecule has 0 fully saturated rings. The topological polar surface area (TPSA) is 62.3 Å². The van der Waals surface area contributed by atoms with Gasteiger partial charge in [0.15, 0.2) is 0 Å². The highest BCUT2D eigenvalue weighted by Crippen LogP contribution is 2.28. The van der Waals surface area contributed by atoms with Crippen LogP contribution in [0.3, 0.4) is 0 Å². The first-order valence-corrected chi connectivity index (χ1v) is 10.1. The Morgan fingerprint density at radius 2 is 1.65 bits per heavy atom. The van der Waals surface area contributed by atoms with Gasteiger partial charge in [-0.05, 0) is 47.0 Å². The number of sulfonamides is 1. The summed E-state index contributed by atoms with van der Waals surface area (Å²) in [6, 6.07) is 18.7. The highest BCUT2D eigenvalue weighted by atomic mass is 32.2. The number of fused-ring (bicyclic) bond motifs is 1. The molecule has 0 saturated carbocycles. The zero-order valence-corrected chi connectivity index (χ0v) is 15.0. The van der Waals surface area contributed by atoms with Crippen LogP contribution < -0.4 is 9.62 Å². The summed E-state index contributed by atoms with van der Waals surface area (Å²) in [7, 11) is -3.44. The number of benzene rings is 2. The van der Waals surface area contributed by atoms with Crippen molar-refractivity contribution in [2.24, 2.45) is 0 Å². The molecule has 0 bridgehead atoms. The molecule has 5 nitrogen and oxygen atoms in total. The van der Waals surface area contributed by atoms with Crippen molar-refractivity contribution >= 4 is 21.4 Å². The van der Waals surface area contributed by atoms with Crippen LogP contribution in [0.4, 0.5) is 11.4 Å². The van der Waals surface area contributed by atoms with Crippen LogP contribution >= 0.6 is 0 Å². The maximum Gasteiger partial charge on any atom is 0.236 e. The smallest absolute Gasteiger partial charge is 0.236 e. The molecule has 132 valence electrons. The minimum absolute atomic E-state index is 0.0377. The molecule has 0 unspecified atom stereocenters. The Morgan fingerprint density at radius 3 is 2.38 bits per heavy atom. The van der Waals surface area contributed by atoms with Crippen LogP contribution in [-0.2, 0) is 28.9 Å². The average molecular weight is 365 g/mol. The second kappa shape index (κ2) is 6.80. The Hall–Kier alpha value is -2.86. The van der Waals surface area contributed by atoms with Gasteiger partial charge in [0, 0.05) is 36.9 Å². The molecule has 4 rings (SSSR count). The van der Waals surface area contributed by atoms with E-state index in [0.717, 1.165) is 24.3 Å². The van der Waals surface area contributed by atoms with E-state index >= 15 is 0 Å². The minimum atomic E-state index is -3.44. The summed E-state index contributed by atoms with van der Waals surface area (Å²) in [4.78, 5) is 6.41. The van der Waals surface area contributed by atoms with Gasteiger partial charge in [-0.1, -0.05) is 30.3 Å². The summed E-state index contributed by atoms with van der Waals surface area (Å²) in [6.07, 6.45) is 3.72. The molecule has 0 amide bonds. The van der Waals surface area contributed by atoms with E-state index in [4.69, 9.17) is 0 Å². The van der Waals surface area contributed by atoms with Crippen LogP contribution in [0.15, 0.2) is 73.1 Å². The van der Waals surface area contributed by atoms with Crippen molar-refractivity contribution < 1.29 is 8.42 Å². The van der Waals surface area contributed by atoms with Gasteiger partial charge in [-0.15, -0.1) is 0 Å². The SMILES string of the molecule is O=S(=O)(Cc1ccccc1)Nc1ccc(N2Cc3ccncc3C2)cc1. The predicted octanol–water partition coefficient (Wildman–Crippen LogP) is 3.54. The lowest BCUT2D eigenvalue weighted by atomic mass is 10.2. The first kappa shape index (κ1) is 16.6. The summed E-state index contributed by atoms with van der Waals surface area (Å²) < 4.78 is 27.3. The molecular weight excluding hydrogens is 346 g/mol. The number of aromatic nitrogens is 1. The van der Waals surface area contributed by atoms with E-state index in [2.05, 4.69) is 14.6 Å². The molecule has 1 aromatic heterocycles. The van der Waals surface area contributed by atoms with E-state index in [1.54, 1.807) is 12.1 Å². The predicted molar refractivity (Wildman–Crippen MR) is 103 cm³/mol. The molecule has 1 N–H and O–H groups in total. The van der Waals surface area contributed by atoms with Crippen molar-refractivity contribution in [3.8, 4) is 0 Å². The van der Waals surface area contributed by atoms with E-state index in [9.17, 15) is 8.42 Å². The van der Waals surface area contributed by atoms with Crippen molar-refractivity contribution in [3.63, 3.8) is 0 Å². The monoisotopic (exact) mass is 365 g/mol. The van der Waals surface area contributed by atoms with Crippen molar-refractivity contribution in [3.05, 3.63) is 89.7 Å². The van der Waals surface area contributed by atoms with Crippen molar-refractivity contribution in [2.75, 3.05) is 9.62 Å². The summed E-state index contributed by atoms with van der Waals surface area (Å²) in [6.45, 7) is 1.67. The summed E-state index contributed by atoms with van der Waals surface area (Å²) >= 11 is 0. The van der Waals surface area contributed by atoms with Crippen LogP contribution in [0.2, 0.25) is 0 Å². The normalized spacial score (nSPS) is 13.5. The molecule has 0 radical (unpaired) electrons. The van der Waals surface area contributed by atoms with Crippen LogP contribution in [0.1, 0.15) is 16.7 Å². The van der Waals surface area contributed by atoms with Gasteiger partial charge >= 0.3 is 0 Å². The Morgan fingerprint density at radius 1 is 0.923 bits per heavy atom. The highest BCUT2D eigenvalue weighted by molar-refractivity contribution is 7.91. The Bertz CT molecular complexity index is 978. The number of pyridine rings is 1. The zero-order chi connectivity index (χ0) is 18.0. The fourth-order valence-corrected chi connectivity index (χ4v) is 4.35.